The van der Waals surface area contributed by atoms with E-state index in [-0.39, 0.29) is 12.5 Å². The fourth-order valence-corrected chi connectivity index (χ4v) is 1.66. The molecule has 0 spiro atoms. The van der Waals surface area contributed by atoms with Gasteiger partial charge in [-0.2, -0.15) is 5.26 Å². The van der Waals surface area contributed by atoms with Crippen molar-refractivity contribution in [1.29, 1.82) is 5.26 Å². The highest BCUT2D eigenvalue weighted by Crippen LogP contribution is 2.28. The summed E-state index contributed by atoms with van der Waals surface area (Å²) in [4.78, 5) is 0. The number of nitrogens with zero attached hydrogens (tertiary/aromatic N) is 1. The third kappa shape index (κ3) is 2.39. The average Bonchev–Trinajstić information content (AvgIpc) is 2.11. The van der Waals surface area contributed by atoms with Gasteiger partial charge in [-0.05, 0) is 30.2 Å². The van der Waals surface area contributed by atoms with Crippen LogP contribution in [-0.4, -0.2) is 0 Å². The highest BCUT2D eigenvalue weighted by molar-refractivity contribution is 6.42. The molecule has 2 nitrogen and oxygen atoms in total. The summed E-state index contributed by atoms with van der Waals surface area (Å²) in [5.41, 5.74) is 7.64. The largest absolute Gasteiger partial charge is 0.323 e. The highest BCUT2D eigenvalue weighted by atomic mass is 35.5. The lowest BCUT2D eigenvalue weighted by molar-refractivity contribution is 0.742. The Balaban J connectivity index is 3.10. The molecule has 0 bridgehead atoms. The van der Waals surface area contributed by atoms with Crippen LogP contribution in [0.2, 0.25) is 10.0 Å². The summed E-state index contributed by atoms with van der Waals surface area (Å²) in [6.45, 7) is 1.90. The summed E-state index contributed by atoms with van der Waals surface area (Å²) in [5, 5.41) is 9.51. The Morgan fingerprint density at radius 3 is 2.57 bits per heavy atom. The van der Waals surface area contributed by atoms with Crippen molar-refractivity contribution in [2.24, 2.45) is 5.73 Å². The van der Waals surface area contributed by atoms with E-state index in [2.05, 4.69) is 0 Å². The standard InChI is InChI=1S/C10H10Cl2N2/c1-6-4-8(11)9(12)5-7(6)10(14)2-3-13/h4-5,10H,2,14H2,1H3/t10-/m1/s1. The van der Waals surface area contributed by atoms with Crippen molar-refractivity contribution >= 4 is 23.2 Å². The van der Waals surface area contributed by atoms with Gasteiger partial charge >= 0.3 is 0 Å². The molecular weight excluding hydrogens is 219 g/mol. The molecule has 14 heavy (non-hydrogen) atoms. The van der Waals surface area contributed by atoms with Crippen LogP contribution in [0.3, 0.4) is 0 Å². The fraction of sp³-hybridized carbons (Fsp3) is 0.300. The van der Waals surface area contributed by atoms with Crippen molar-refractivity contribution in [3.8, 4) is 6.07 Å². The normalized spacial score (nSPS) is 12.2. The average molecular weight is 229 g/mol. The first kappa shape index (κ1) is 11.3. The summed E-state index contributed by atoms with van der Waals surface area (Å²) in [5.74, 6) is 0. The second kappa shape index (κ2) is 4.65. The number of hydrogen-bond donors (Lipinski definition) is 1. The van der Waals surface area contributed by atoms with E-state index in [1.807, 2.05) is 13.0 Å². The van der Waals surface area contributed by atoms with Crippen molar-refractivity contribution in [2.45, 2.75) is 19.4 Å². The third-order valence-electron chi connectivity index (χ3n) is 2.02. The van der Waals surface area contributed by atoms with Crippen molar-refractivity contribution < 1.29 is 0 Å². The molecule has 0 saturated carbocycles. The van der Waals surface area contributed by atoms with Gasteiger partial charge in [0.25, 0.3) is 0 Å². The van der Waals surface area contributed by atoms with Crippen LogP contribution >= 0.6 is 23.2 Å². The van der Waals surface area contributed by atoms with Crippen LogP contribution in [0.1, 0.15) is 23.6 Å². The molecule has 0 unspecified atom stereocenters. The van der Waals surface area contributed by atoms with Crippen molar-refractivity contribution in [2.75, 3.05) is 0 Å². The predicted octanol–water partition coefficient (Wildman–Crippen LogP) is 3.22. The Hall–Kier alpha value is -0.750. The van der Waals surface area contributed by atoms with E-state index in [9.17, 15) is 0 Å². The molecule has 0 aliphatic carbocycles. The first-order chi connectivity index (χ1) is 6.56. The molecule has 74 valence electrons. The number of benzene rings is 1. The van der Waals surface area contributed by atoms with E-state index in [0.717, 1.165) is 11.1 Å². The van der Waals surface area contributed by atoms with Crippen LogP contribution < -0.4 is 5.73 Å². The van der Waals surface area contributed by atoms with Crippen LogP contribution in [0, 0.1) is 18.3 Å². The Morgan fingerprint density at radius 1 is 1.43 bits per heavy atom. The lowest BCUT2D eigenvalue weighted by Gasteiger charge is -2.12. The third-order valence-corrected chi connectivity index (χ3v) is 2.74. The molecule has 1 rings (SSSR count). The van der Waals surface area contributed by atoms with E-state index >= 15 is 0 Å². The number of nitrogens with two attached hydrogens (primary N) is 1. The van der Waals surface area contributed by atoms with Gasteiger partial charge in [-0.3, -0.25) is 0 Å². The molecule has 0 fully saturated rings. The van der Waals surface area contributed by atoms with Crippen molar-refractivity contribution in [1.82, 2.24) is 0 Å². The maximum atomic E-state index is 8.52. The monoisotopic (exact) mass is 228 g/mol. The maximum absolute atomic E-state index is 8.52. The topological polar surface area (TPSA) is 49.8 Å². The van der Waals surface area contributed by atoms with Gasteiger partial charge in [0, 0.05) is 6.04 Å². The Morgan fingerprint density at radius 2 is 2.00 bits per heavy atom. The number of halogens is 2. The molecule has 0 heterocycles. The van der Waals surface area contributed by atoms with Gasteiger partial charge in [-0.1, -0.05) is 23.2 Å². The number of hydrogen-bond acceptors (Lipinski definition) is 2. The number of rotatable bonds is 2. The first-order valence-electron chi connectivity index (χ1n) is 4.14. The quantitative estimate of drug-likeness (QED) is 0.846. The fourth-order valence-electron chi connectivity index (χ4n) is 1.27. The molecule has 0 aliphatic heterocycles. The molecule has 0 aliphatic rings. The lowest BCUT2D eigenvalue weighted by Crippen LogP contribution is -2.10. The van der Waals surface area contributed by atoms with Crippen LogP contribution in [0.5, 0.6) is 0 Å². The molecule has 0 amide bonds. The second-order valence-electron chi connectivity index (χ2n) is 3.09. The van der Waals surface area contributed by atoms with Crippen molar-refractivity contribution in [3.63, 3.8) is 0 Å². The Kier molecular flexibility index (Phi) is 3.77. The molecule has 4 heteroatoms. The van der Waals surface area contributed by atoms with Gasteiger partial charge in [0.05, 0.1) is 22.5 Å². The Bertz CT molecular complexity index is 382. The highest BCUT2D eigenvalue weighted by Gasteiger charge is 2.11. The van der Waals surface area contributed by atoms with E-state index in [1.165, 1.54) is 0 Å². The van der Waals surface area contributed by atoms with E-state index < -0.39 is 0 Å². The van der Waals surface area contributed by atoms with Gasteiger partial charge in [-0.25, -0.2) is 0 Å². The smallest absolute Gasteiger partial charge is 0.0641 e. The number of nitriles is 1. The SMILES string of the molecule is Cc1cc(Cl)c(Cl)cc1[C@H](N)CC#N. The lowest BCUT2D eigenvalue weighted by atomic mass is 10.0. The second-order valence-corrected chi connectivity index (χ2v) is 3.91. The van der Waals surface area contributed by atoms with Gasteiger partial charge in [-0.15, -0.1) is 0 Å². The van der Waals surface area contributed by atoms with Gasteiger partial charge in [0.2, 0.25) is 0 Å². The summed E-state index contributed by atoms with van der Waals surface area (Å²) in [6.07, 6.45) is 0.277. The van der Waals surface area contributed by atoms with E-state index in [0.29, 0.717) is 10.0 Å². The number of aryl methyl sites for hydroxylation is 1. The van der Waals surface area contributed by atoms with Gasteiger partial charge < -0.3 is 5.73 Å². The summed E-state index contributed by atoms with van der Waals surface area (Å²) in [6, 6.07) is 5.21. The predicted molar refractivity (Wildman–Crippen MR) is 58.4 cm³/mol. The minimum Gasteiger partial charge on any atom is -0.323 e. The minimum absolute atomic E-state index is 0.277. The van der Waals surface area contributed by atoms with Gasteiger partial charge in [0.1, 0.15) is 0 Å². The van der Waals surface area contributed by atoms with E-state index in [1.54, 1.807) is 12.1 Å². The zero-order chi connectivity index (χ0) is 10.7. The first-order valence-corrected chi connectivity index (χ1v) is 4.90. The maximum Gasteiger partial charge on any atom is 0.0641 e. The molecule has 0 saturated heterocycles. The van der Waals surface area contributed by atoms with Crippen LogP contribution in [0.4, 0.5) is 0 Å². The molecule has 1 atom stereocenters. The Labute approximate surface area is 93.2 Å². The molecule has 0 radical (unpaired) electrons. The van der Waals surface area contributed by atoms with Gasteiger partial charge in [0.15, 0.2) is 0 Å². The van der Waals surface area contributed by atoms with Crippen LogP contribution in [0.25, 0.3) is 0 Å². The zero-order valence-corrected chi connectivity index (χ0v) is 9.23. The summed E-state index contributed by atoms with van der Waals surface area (Å²) < 4.78 is 0. The molecule has 0 aromatic heterocycles. The minimum atomic E-state index is -0.297. The summed E-state index contributed by atoms with van der Waals surface area (Å²) in [7, 11) is 0. The molecule has 1 aromatic carbocycles. The van der Waals surface area contributed by atoms with Crippen molar-refractivity contribution in [3.05, 3.63) is 33.3 Å². The summed E-state index contributed by atoms with van der Waals surface area (Å²) >= 11 is 11.7. The molecule has 1 aromatic rings. The molecule has 2 N–H and O–H groups in total. The van der Waals surface area contributed by atoms with Crippen LogP contribution in [-0.2, 0) is 0 Å². The van der Waals surface area contributed by atoms with E-state index in [4.69, 9.17) is 34.2 Å². The van der Waals surface area contributed by atoms with Crippen LogP contribution in [0.15, 0.2) is 12.1 Å². The molecular formula is C10H10Cl2N2. The zero-order valence-electron chi connectivity index (χ0n) is 7.72.